The predicted molar refractivity (Wildman–Crippen MR) is 54.5 cm³/mol. The minimum Gasteiger partial charge on any atom is -0.492 e. The molecule has 0 atom stereocenters. The van der Waals surface area contributed by atoms with Gasteiger partial charge in [-0.25, -0.2) is 0 Å². The molecule has 1 nitrogen and oxygen atoms in total. The Balaban J connectivity index is 2.51. The van der Waals surface area contributed by atoms with Gasteiger partial charge in [-0.15, -0.1) is 6.58 Å². The molecule has 0 heterocycles. The van der Waals surface area contributed by atoms with Crippen LogP contribution in [0.2, 0.25) is 0 Å². The lowest BCUT2D eigenvalue weighted by molar-refractivity contribution is 0.323. The van der Waals surface area contributed by atoms with Crippen LogP contribution in [0.1, 0.15) is 6.42 Å². The first-order chi connectivity index (χ1) is 5.84. The van der Waals surface area contributed by atoms with Crippen LogP contribution in [0, 0.1) is 0 Å². The molecule has 64 valence electrons. The maximum Gasteiger partial charge on any atom is 0.133 e. The molecule has 0 aromatic heterocycles. The van der Waals surface area contributed by atoms with Crippen LogP contribution in [0.5, 0.6) is 5.75 Å². The Morgan fingerprint density at radius 2 is 2.17 bits per heavy atom. The lowest BCUT2D eigenvalue weighted by atomic mass is 10.3. The van der Waals surface area contributed by atoms with E-state index >= 15 is 0 Å². The van der Waals surface area contributed by atoms with E-state index in [0.717, 1.165) is 16.6 Å². The summed E-state index contributed by atoms with van der Waals surface area (Å²) in [6, 6.07) is 7.81. The monoisotopic (exact) mass is 226 g/mol. The molecule has 0 bridgehead atoms. The van der Waals surface area contributed by atoms with Crippen molar-refractivity contribution in [3.8, 4) is 5.75 Å². The molecule has 1 aromatic rings. The number of rotatable bonds is 4. The Hall–Kier alpha value is -0.760. The van der Waals surface area contributed by atoms with Gasteiger partial charge in [0.1, 0.15) is 5.75 Å². The number of hydrogen-bond acceptors (Lipinski definition) is 1. The van der Waals surface area contributed by atoms with Crippen molar-refractivity contribution in [2.24, 2.45) is 0 Å². The summed E-state index contributed by atoms with van der Waals surface area (Å²) in [5.74, 6) is 0.888. The van der Waals surface area contributed by atoms with Crippen LogP contribution in [0.25, 0.3) is 0 Å². The first-order valence-corrected chi connectivity index (χ1v) is 4.62. The third-order valence-corrected chi connectivity index (χ3v) is 2.07. The minimum absolute atomic E-state index is 0.687. The summed E-state index contributed by atoms with van der Waals surface area (Å²) in [6.07, 6.45) is 2.72. The molecule has 0 unspecified atom stereocenters. The van der Waals surface area contributed by atoms with Gasteiger partial charge in [0, 0.05) is 0 Å². The summed E-state index contributed by atoms with van der Waals surface area (Å²) in [4.78, 5) is 0. The highest BCUT2D eigenvalue weighted by molar-refractivity contribution is 9.10. The van der Waals surface area contributed by atoms with Crippen molar-refractivity contribution in [1.82, 2.24) is 0 Å². The van der Waals surface area contributed by atoms with E-state index in [4.69, 9.17) is 4.74 Å². The summed E-state index contributed by atoms with van der Waals surface area (Å²) in [5.41, 5.74) is 0. The molecule has 0 spiro atoms. The summed E-state index contributed by atoms with van der Waals surface area (Å²) >= 11 is 3.40. The van der Waals surface area contributed by atoms with Crippen molar-refractivity contribution in [2.45, 2.75) is 6.42 Å². The molecule has 1 rings (SSSR count). The van der Waals surface area contributed by atoms with Crippen LogP contribution in [-0.2, 0) is 0 Å². The topological polar surface area (TPSA) is 9.23 Å². The van der Waals surface area contributed by atoms with Gasteiger partial charge in [-0.05, 0) is 34.5 Å². The molecule has 0 amide bonds. The van der Waals surface area contributed by atoms with Crippen molar-refractivity contribution in [1.29, 1.82) is 0 Å². The Bertz CT molecular complexity index is 258. The van der Waals surface area contributed by atoms with Crippen molar-refractivity contribution in [3.63, 3.8) is 0 Å². The molecule has 12 heavy (non-hydrogen) atoms. The number of para-hydroxylation sites is 1. The third kappa shape index (κ3) is 2.70. The maximum atomic E-state index is 5.46. The first kappa shape index (κ1) is 9.33. The second-order valence-corrected chi connectivity index (χ2v) is 3.21. The van der Waals surface area contributed by atoms with Gasteiger partial charge in [0.15, 0.2) is 0 Å². The second kappa shape index (κ2) is 4.99. The predicted octanol–water partition coefficient (Wildman–Crippen LogP) is 3.40. The van der Waals surface area contributed by atoms with Crippen LogP contribution < -0.4 is 4.74 Å². The molecule has 0 aliphatic heterocycles. The highest BCUT2D eigenvalue weighted by Gasteiger charge is 1.96. The van der Waals surface area contributed by atoms with E-state index in [1.165, 1.54) is 0 Å². The lowest BCUT2D eigenvalue weighted by Gasteiger charge is -2.05. The van der Waals surface area contributed by atoms with Gasteiger partial charge in [0.25, 0.3) is 0 Å². The third-order valence-electron chi connectivity index (χ3n) is 1.42. The van der Waals surface area contributed by atoms with E-state index in [1.54, 1.807) is 0 Å². The fraction of sp³-hybridized carbons (Fsp3) is 0.200. The molecular weight excluding hydrogens is 216 g/mol. The standard InChI is InChI=1S/C10H11BrO/c1-2-3-8-12-10-7-5-4-6-9(10)11/h2,4-7H,1,3,8H2. The molecule has 0 saturated heterocycles. The Labute approximate surface area is 81.2 Å². The molecular formula is C10H11BrO. The summed E-state index contributed by atoms with van der Waals surface area (Å²) in [6.45, 7) is 4.31. The zero-order valence-corrected chi connectivity index (χ0v) is 8.38. The average Bonchev–Trinajstić information content (AvgIpc) is 2.09. The fourth-order valence-electron chi connectivity index (χ4n) is 0.814. The van der Waals surface area contributed by atoms with E-state index in [1.807, 2.05) is 30.3 Å². The number of hydrogen-bond donors (Lipinski definition) is 0. The number of benzene rings is 1. The van der Waals surface area contributed by atoms with E-state index in [0.29, 0.717) is 6.61 Å². The van der Waals surface area contributed by atoms with Gasteiger partial charge in [-0.2, -0.15) is 0 Å². The molecule has 1 aromatic carbocycles. The zero-order chi connectivity index (χ0) is 8.81. The second-order valence-electron chi connectivity index (χ2n) is 2.36. The maximum absolute atomic E-state index is 5.46. The van der Waals surface area contributed by atoms with Crippen LogP contribution in [0.3, 0.4) is 0 Å². The van der Waals surface area contributed by atoms with Crippen molar-refractivity contribution in [2.75, 3.05) is 6.61 Å². The van der Waals surface area contributed by atoms with Gasteiger partial charge in [-0.3, -0.25) is 0 Å². The van der Waals surface area contributed by atoms with Gasteiger partial charge in [0.05, 0.1) is 11.1 Å². The van der Waals surface area contributed by atoms with Crippen molar-refractivity contribution in [3.05, 3.63) is 41.4 Å². The van der Waals surface area contributed by atoms with Crippen molar-refractivity contribution < 1.29 is 4.74 Å². The molecule has 0 fully saturated rings. The minimum atomic E-state index is 0.687. The van der Waals surface area contributed by atoms with Gasteiger partial charge in [-0.1, -0.05) is 18.2 Å². The van der Waals surface area contributed by atoms with Gasteiger partial charge < -0.3 is 4.74 Å². The fourth-order valence-corrected chi connectivity index (χ4v) is 1.21. The van der Waals surface area contributed by atoms with Crippen LogP contribution in [-0.4, -0.2) is 6.61 Å². The van der Waals surface area contributed by atoms with Crippen LogP contribution in [0.15, 0.2) is 41.4 Å². The molecule has 0 saturated carbocycles. The molecule has 0 radical (unpaired) electrons. The highest BCUT2D eigenvalue weighted by Crippen LogP contribution is 2.23. The van der Waals surface area contributed by atoms with Crippen molar-refractivity contribution >= 4 is 15.9 Å². The SMILES string of the molecule is C=CCCOc1ccccc1Br. The number of ether oxygens (including phenoxy) is 1. The molecule has 0 aliphatic carbocycles. The molecule has 2 heteroatoms. The largest absolute Gasteiger partial charge is 0.492 e. The number of halogens is 1. The molecule has 0 aliphatic rings. The van der Waals surface area contributed by atoms with Gasteiger partial charge >= 0.3 is 0 Å². The van der Waals surface area contributed by atoms with Crippen LogP contribution in [0.4, 0.5) is 0 Å². The summed E-state index contributed by atoms with van der Waals surface area (Å²) in [7, 11) is 0. The zero-order valence-electron chi connectivity index (χ0n) is 6.79. The summed E-state index contributed by atoms with van der Waals surface area (Å²) < 4.78 is 6.45. The van der Waals surface area contributed by atoms with Crippen LogP contribution >= 0.6 is 15.9 Å². The quantitative estimate of drug-likeness (QED) is 0.565. The summed E-state index contributed by atoms with van der Waals surface area (Å²) in [5, 5.41) is 0. The normalized spacial score (nSPS) is 9.42. The average molecular weight is 227 g/mol. The van der Waals surface area contributed by atoms with E-state index in [-0.39, 0.29) is 0 Å². The van der Waals surface area contributed by atoms with E-state index in [2.05, 4.69) is 22.5 Å². The van der Waals surface area contributed by atoms with E-state index < -0.39 is 0 Å². The Morgan fingerprint density at radius 1 is 1.42 bits per heavy atom. The highest BCUT2D eigenvalue weighted by atomic mass is 79.9. The Morgan fingerprint density at radius 3 is 2.83 bits per heavy atom. The Kier molecular flexibility index (Phi) is 3.88. The lowest BCUT2D eigenvalue weighted by Crippen LogP contribution is -1.95. The van der Waals surface area contributed by atoms with E-state index in [9.17, 15) is 0 Å². The first-order valence-electron chi connectivity index (χ1n) is 3.83. The molecule has 0 N–H and O–H groups in total. The van der Waals surface area contributed by atoms with Gasteiger partial charge in [0.2, 0.25) is 0 Å². The smallest absolute Gasteiger partial charge is 0.133 e.